The van der Waals surface area contributed by atoms with Crippen LogP contribution in [0.2, 0.25) is 0 Å². The summed E-state index contributed by atoms with van der Waals surface area (Å²) >= 11 is 1.53. The number of nitrogens with one attached hydrogen (secondary N) is 1. The molecule has 1 aromatic heterocycles. The van der Waals surface area contributed by atoms with Crippen LogP contribution in [0.4, 0.5) is 5.13 Å². The Hall–Kier alpha value is -0.940. The number of aromatic nitrogens is 1. The molecule has 0 saturated heterocycles. The maximum Gasteiger partial charge on any atom is 0.230 e. The minimum absolute atomic E-state index is 0.000664. The van der Waals surface area contributed by atoms with Crippen molar-refractivity contribution < 1.29 is 4.79 Å². The molecule has 15 heavy (non-hydrogen) atoms. The number of nitrogens with two attached hydrogens (primary N) is 1. The highest BCUT2D eigenvalue weighted by molar-refractivity contribution is 7.15. The summed E-state index contributed by atoms with van der Waals surface area (Å²) in [6.45, 7) is 4.08. The summed E-state index contributed by atoms with van der Waals surface area (Å²) in [5.74, 6) is 0.0122. The summed E-state index contributed by atoms with van der Waals surface area (Å²) in [6, 6.07) is 0.0525. The number of amides is 1. The van der Waals surface area contributed by atoms with Crippen LogP contribution in [0.1, 0.15) is 23.9 Å². The number of hydrogen-bond acceptors (Lipinski definition) is 4. The molecule has 4 nitrogen and oxygen atoms in total. The predicted octanol–water partition coefficient (Wildman–Crippen LogP) is 1.30. The fourth-order valence-corrected chi connectivity index (χ4v) is 2.43. The largest absolute Gasteiger partial charge is 0.327 e. The second-order valence-electron chi connectivity index (χ2n) is 3.87. The third-order valence-corrected chi connectivity index (χ3v) is 3.56. The lowest BCUT2D eigenvalue weighted by atomic mass is 10.3. The Kier molecular flexibility index (Phi) is 2.75. The van der Waals surface area contributed by atoms with Crippen molar-refractivity contribution in [2.45, 2.75) is 32.7 Å². The molecule has 1 aliphatic carbocycles. The monoisotopic (exact) mass is 225 g/mol. The van der Waals surface area contributed by atoms with Gasteiger partial charge >= 0.3 is 0 Å². The highest BCUT2D eigenvalue weighted by Crippen LogP contribution is 2.30. The summed E-state index contributed by atoms with van der Waals surface area (Å²) in [5.41, 5.74) is 6.67. The van der Waals surface area contributed by atoms with Crippen molar-refractivity contribution in [1.29, 1.82) is 0 Å². The zero-order chi connectivity index (χ0) is 11.0. The minimum Gasteiger partial charge on any atom is -0.327 e. The Balaban J connectivity index is 2.01. The van der Waals surface area contributed by atoms with E-state index in [2.05, 4.69) is 17.2 Å². The minimum atomic E-state index is -0.000664. The third kappa shape index (κ3) is 2.18. The van der Waals surface area contributed by atoms with Gasteiger partial charge in [-0.3, -0.25) is 4.79 Å². The van der Waals surface area contributed by atoms with Gasteiger partial charge in [0.1, 0.15) is 0 Å². The molecule has 1 amide bonds. The molecule has 0 aliphatic heterocycles. The van der Waals surface area contributed by atoms with Gasteiger partial charge in [0.15, 0.2) is 5.13 Å². The van der Waals surface area contributed by atoms with E-state index >= 15 is 0 Å². The van der Waals surface area contributed by atoms with Crippen molar-refractivity contribution in [3.8, 4) is 0 Å². The zero-order valence-corrected chi connectivity index (χ0v) is 9.73. The molecule has 0 spiro atoms. The number of carbonyl (C=O) groups is 1. The molecule has 3 N–H and O–H groups in total. The van der Waals surface area contributed by atoms with Crippen LogP contribution < -0.4 is 11.1 Å². The molecule has 1 heterocycles. The molecule has 0 radical (unpaired) electrons. The van der Waals surface area contributed by atoms with Gasteiger partial charge in [-0.05, 0) is 19.8 Å². The molecule has 1 saturated carbocycles. The first kappa shape index (κ1) is 10.6. The summed E-state index contributed by atoms with van der Waals surface area (Å²) in [7, 11) is 0. The molecule has 1 aromatic rings. The van der Waals surface area contributed by atoms with Gasteiger partial charge in [0.25, 0.3) is 0 Å². The quantitative estimate of drug-likeness (QED) is 0.814. The van der Waals surface area contributed by atoms with Gasteiger partial charge in [-0.15, -0.1) is 11.3 Å². The van der Waals surface area contributed by atoms with Crippen molar-refractivity contribution in [1.82, 2.24) is 4.98 Å². The maximum atomic E-state index is 11.6. The van der Waals surface area contributed by atoms with E-state index in [4.69, 9.17) is 5.73 Å². The summed E-state index contributed by atoms with van der Waals surface area (Å²) in [6.07, 6.45) is 1.71. The average Bonchev–Trinajstić information content (AvgIpc) is 2.81. The van der Waals surface area contributed by atoms with Crippen molar-refractivity contribution in [3.05, 3.63) is 10.6 Å². The fraction of sp³-hybridized carbons (Fsp3) is 0.600. The van der Waals surface area contributed by atoms with Gasteiger partial charge in [-0.2, -0.15) is 0 Å². The van der Waals surface area contributed by atoms with Crippen molar-refractivity contribution in [3.63, 3.8) is 0 Å². The molecule has 0 bridgehead atoms. The Morgan fingerprint density at radius 3 is 2.87 bits per heavy atom. The Labute approximate surface area is 92.9 Å². The van der Waals surface area contributed by atoms with Crippen LogP contribution in [0, 0.1) is 12.8 Å². The average molecular weight is 225 g/mol. The molecule has 2 atom stereocenters. The van der Waals surface area contributed by atoms with Gasteiger partial charge in [0.2, 0.25) is 5.91 Å². The van der Waals surface area contributed by atoms with E-state index in [0.29, 0.717) is 5.13 Å². The fourth-order valence-electron chi connectivity index (χ4n) is 1.52. The van der Waals surface area contributed by atoms with E-state index in [9.17, 15) is 4.79 Å². The normalized spacial score (nSPS) is 23.9. The maximum absolute atomic E-state index is 11.6. The molecule has 1 aliphatic rings. The number of rotatable bonds is 3. The van der Waals surface area contributed by atoms with Crippen molar-refractivity contribution in [2.24, 2.45) is 11.7 Å². The van der Waals surface area contributed by atoms with Gasteiger partial charge in [0, 0.05) is 10.9 Å². The van der Waals surface area contributed by atoms with Crippen LogP contribution in [0.15, 0.2) is 0 Å². The zero-order valence-electron chi connectivity index (χ0n) is 8.91. The van der Waals surface area contributed by atoms with Crippen molar-refractivity contribution in [2.75, 3.05) is 5.32 Å². The van der Waals surface area contributed by atoms with E-state index in [1.807, 2.05) is 6.92 Å². The van der Waals surface area contributed by atoms with Crippen LogP contribution in [-0.2, 0) is 11.2 Å². The number of nitrogens with zero attached hydrogens (tertiary/aromatic N) is 1. The second kappa shape index (κ2) is 3.90. The predicted molar refractivity (Wildman–Crippen MR) is 60.9 cm³/mol. The van der Waals surface area contributed by atoms with Crippen LogP contribution >= 0.6 is 11.3 Å². The highest BCUT2D eigenvalue weighted by Gasteiger charge is 2.40. The lowest BCUT2D eigenvalue weighted by molar-refractivity contribution is -0.117. The SMILES string of the molecule is CCc1nc(NC(=O)C2CC2N)sc1C. The molecule has 2 rings (SSSR count). The first-order chi connectivity index (χ1) is 7.11. The van der Waals surface area contributed by atoms with Gasteiger partial charge < -0.3 is 11.1 Å². The number of carbonyl (C=O) groups excluding carboxylic acids is 1. The summed E-state index contributed by atoms with van der Waals surface area (Å²) in [4.78, 5) is 17.1. The molecule has 5 heteroatoms. The standard InChI is InChI=1S/C10H15N3OS/c1-3-8-5(2)15-10(12-8)13-9(14)6-4-7(6)11/h6-7H,3-4,11H2,1-2H3,(H,12,13,14). The van der Waals surface area contributed by atoms with Gasteiger partial charge in [0.05, 0.1) is 11.6 Å². The molecule has 1 fully saturated rings. The van der Waals surface area contributed by atoms with Gasteiger partial charge in [-0.1, -0.05) is 6.92 Å². The van der Waals surface area contributed by atoms with Crippen molar-refractivity contribution >= 4 is 22.4 Å². The smallest absolute Gasteiger partial charge is 0.230 e. The number of thiazole rings is 1. The number of hydrogen-bond donors (Lipinski definition) is 2. The molecule has 82 valence electrons. The van der Waals surface area contributed by atoms with Crippen LogP contribution in [0.25, 0.3) is 0 Å². The Bertz CT molecular complexity index is 388. The number of aryl methyl sites for hydroxylation is 2. The topological polar surface area (TPSA) is 68.0 Å². The third-order valence-electron chi connectivity index (χ3n) is 2.63. The molecular formula is C10H15N3OS. The molecular weight excluding hydrogens is 210 g/mol. The summed E-state index contributed by atoms with van der Waals surface area (Å²) < 4.78 is 0. The lowest BCUT2D eigenvalue weighted by Gasteiger charge is -1.98. The van der Waals surface area contributed by atoms with E-state index in [1.54, 1.807) is 0 Å². The van der Waals surface area contributed by atoms with E-state index in [-0.39, 0.29) is 17.9 Å². The first-order valence-corrected chi connectivity index (χ1v) is 5.96. The summed E-state index contributed by atoms with van der Waals surface area (Å²) in [5, 5.41) is 3.52. The van der Waals surface area contributed by atoms with Crippen LogP contribution in [-0.4, -0.2) is 16.9 Å². The second-order valence-corrected chi connectivity index (χ2v) is 5.07. The van der Waals surface area contributed by atoms with E-state index < -0.39 is 0 Å². The van der Waals surface area contributed by atoms with Gasteiger partial charge in [-0.25, -0.2) is 4.98 Å². The molecule has 0 aromatic carbocycles. The van der Waals surface area contributed by atoms with Crippen LogP contribution in [0.5, 0.6) is 0 Å². The van der Waals surface area contributed by atoms with Crippen LogP contribution in [0.3, 0.4) is 0 Å². The Morgan fingerprint density at radius 2 is 2.40 bits per heavy atom. The Morgan fingerprint density at radius 1 is 1.73 bits per heavy atom. The first-order valence-electron chi connectivity index (χ1n) is 5.14. The van der Waals surface area contributed by atoms with E-state index in [1.165, 1.54) is 16.2 Å². The lowest BCUT2D eigenvalue weighted by Crippen LogP contribution is -2.18. The molecule has 2 unspecified atom stereocenters. The number of anilines is 1. The highest BCUT2D eigenvalue weighted by atomic mass is 32.1. The van der Waals surface area contributed by atoms with E-state index in [0.717, 1.165) is 18.5 Å².